The molecule has 0 unspecified atom stereocenters. The van der Waals surface area contributed by atoms with E-state index in [9.17, 15) is 14.4 Å². The second-order valence-corrected chi connectivity index (χ2v) is 7.50. The van der Waals surface area contributed by atoms with Crippen molar-refractivity contribution in [2.24, 2.45) is 0 Å². The summed E-state index contributed by atoms with van der Waals surface area (Å²) in [4.78, 5) is 41.3. The highest BCUT2D eigenvalue weighted by molar-refractivity contribution is 5.81. The van der Waals surface area contributed by atoms with E-state index in [2.05, 4.69) is 15.2 Å². The highest BCUT2D eigenvalue weighted by Crippen LogP contribution is 2.27. The van der Waals surface area contributed by atoms with E-state index in [1.165, 1.54) is 4.57 Å². The van der Waals surface area contributed by atoms with Gasteiger partial charge in [-0.2, -0.15) is 0 Å². The summed E-state index contributed by atoms with van der Waals surface area (Å²) < 4.78 is 3.32. The molecule has 1 aliphatic rings. The Morgan fingerprint density at radius 2 is 1.80 bits per heavy atom. The Hall–Kier alpha value is -3.75. The number of pyridine rings is 1. The summed E-state index contributed by atoms with van der Waals surface area (Å²) >= 11 is 0. The fourth-order valence-corrected chi connectivity index (χ4v) is 4.16. The predicted octanol–water partition coefficient (Wildman–Crippen LogP) is 1.14. The van der Waals surface area contributed by atoms with Crippen molar-refractivity contribution in [1.82, 2.24) is 29.0 Å². The van der Waals surface area contributed by atoms with Gasteiger partial charge in [0.1, 0.15) is 12.4 Å². The molecule has 152 valence electrons. The zero-order valence-corrected chi connectivity index (χ0v) is 16.2. The normalized spacial score (nSPS) is 15.1. The van der Waals surface area contributed by atoms with Gasteiger partial charge in [-0.3, -0.25) is 23.5 Å². The number of rotatable bonds is 3. The molecule has 30 heavy (non-hydrogen) atoms. The number of hydrogen-bond acceptors (Lipinski definition) is 5. The molecule has 4 heterocycles. The second-order valence-electron chi connectivity index (χ2n) is 7.50. The third-order valence-electron chi connectivity index (χ3n) is 5.75. The Labute approximate surface area is 170 Å². The van der Waals surface area contributed by atoms with E-state index < -0.39 is 11.2 Å². The molecule has 1 N–H and O–H groups in total. The van der Waals surface area contributed by atoms with E-state index in [-0.39, 0.29) is 18.4 Å². The zero-order chi connectivity index (χ0) is 20.7. The molecule has 0 aliphatic carbocycles. The van der Waals surface area contributed by atoms with Crippen LogP contribution in [0.4, 0.5) is 0 Å². The Bertz CT molecular complexity index is 1360. The molecular formula is C21H20N6O3. The van der Waals surface area contributed by atoms with Crippen molar-refractivity contribution in [2.75, 3.05) is 13.1 Å². The smallest absolute Gasteiger partial charge is 0.329 e. The van der Waals surface area contributed by atoms with Gasteiger partial charge in [-0.1, -0.05) is 18.2 Å². The highest BCUT2D eigenvalue weighted by Gasteiger charge is 2.27. The maximum atomic E-state index is 12.9. The highest BCUT2D eigenvalue weighted by atomic mass is 16.2. The van der Waals surface area contributed by atoms with Gasteiger partial charge in [0.15, 0.2) is 5.65 Å². The number of carbonyl (C=O) groups is 1. The summed E-state index contributed by atoms with van der Waals surface area (Å²) in [5, 5.41) is 8.95. The molecule has 0 spiro atoms. The molecule has 1 fully saturated rings. The number of para-hydroxylation sites is 1. The Morgan fingerprint density at radius 1 is 1.03 bits per heavy atom. The van der Waals surface area contributed by atoms with Crippen LogP contribution in [0, 0.1) is 0 Å². The molecule has 1 saturated heterocycles. The van der Waals surface area contributed by atoms with Gasteiger partial charge in [-0.05, 0) is 37.1 Å². The number of hydrogen-bond donors (Lipinski definition) is 1. The molecule has 0 atom stereocenters. The van der Waals surface area contributed by atoms with E-state index in [0.717, 1.165) is 24.3 Å². The van der Waals surface area contributed by atoms with Gasteiger partial charge >= 0.3 is 5.69 Å². The molecule has 1 aliphatic heterocycles. The maximum Gasteiger partial charge on any atom is 0.329 e. The summed E-state index contributed by atoms with van der Waals surface area (Å²) in [5.41, 5.74) is 0.261. The molecule has 3 aromatic heterocycles. The van der Waals surface area contributed by atoms with Crippen LogP contribution < -0.4 is 11.2 Å². The van der Waals surface area contributed by atoms with Gasteiger partial charge in [0, 0.05) is 25.2 Å². The third-order valence-corrected chi connectivity index (χ3v) is 5.75. The maximum absolute atomic E-state index is 12.9. The lowest BCUT2D eigenvalue weighted by Crippen LogP contribution is -2.42. The number of benzene rings is 1. The van der Waals surface area contributed by atoms with Gasteiger partial charge in [0.2, 0.25) is 5.91 Å². The van der Waals surface area contributed by atoms with Crippen LogP contribution in [0.25, 0.3) is 16.6 Å². The number of nitrogens with zero attached hydrogens (tertiary/aromatic N) is 5. The van der Waals surface area contributed by atoms with E-state index >= 15 is 0 Å². The number of aromatic amines is 1. The van der Waals surface area contributed by atoms with E-state index in [4.69, 9.17) is 0 Å². The topological polar surface area (TPSA) is 105 Å². The fourth-order valence-electron chi connectivity index (χ4n) is 4.16. The molecular weight excluding hydrogens is 384 g/mol. The summed E-state index contributed by atoms with van der Waals surface area (Å²) in [7, 11) is 0. The molecule has 9 heteroatoms. The Balaban J connectivity index is 1.33. The van der Waals surface area contributed by atoms with Crippen LogP contribution in [0.15, 0.2) is 58.3 Å². The lowest BCUT2D eigenvalue weighted by Gasteiger charge is -2.31. The number of fused-ring (bicyclic) bond motifs is 2. The lowest BCUT2D eigenvalue weighted by atomic mass is 9.96. The van der Waals surface area contributed by atoms with Gasteiger partial charge in [0.25, 0.3) is 5.56 Å². The minimum absolute atomic E-state index is 0.103. The third kappa shape index (κ3) is 3.08. The van der Waals surface area contributed by atoms with E-state index in [1.54, 1.807) is 29.2 Å². The van der Waals surface area contributed by atoms with Gasteiger partial charge < -0.3 is 4.90 Å². The fraction of sp³-hybridized carbons (Fsp3) is 0.286. The lowest BCUT2D eigenvalue weighted by molar-refractivity contribution is -0.132. The van der Waals surface area contributed by atoms with Crippen LogP contribution in [0.1, 0.15) is 24.6 Å². The first-order chi connectivity index (χ1) is 14.6. The van der Waals surface area contributed by atoms with E-state index in [0.29, 0.717) is 24.0 Å². The number of aromatic nitrogens is 5. The van der Waals surface area contributed by atoms with Crippen LogP contribution >= 0.6 is 0 Å². The second kappa shape index (κ2) is 7.25. The zero-order valence-electron chi connectivity index (χ0n) is 16.2. The van der Waals surface area contributed by atoms with Gasteiger partial charge in [-0.15, -0.1) is 10.2 Å². The van der Waals surface area contributed by atoms with Crippen molar-refractivity contribution in [3.8, 4) is 0 Å². The molecule has 0 saturated carbocycles. The first-order valence-electron chi connectivity index (χ1n) is 9.91. The van der Waals surface area contributed by atoms with Crippen LogP contribution in [0.2, 0.25) is 0 Å². The number of H-pyrrole nitrogens is 1. The van der Waals surface area contributed by atoms with E-state index in [1.807, 2.05) is 28.8 Å². The quantitative estimate of drug-likeness (QED) is 0.551. The average molecular weight is 404 g/mol. The molecule has 0 bridgehead atoms. The number of amides is 1. The van der Waals surface area contributed by atoms with Crippen molar-refractivity contribution in [3.05, 3.63) is 75.3 Å². The first kappa shape index (κ1) is 18.3. The number of likely N-dealkylation sites (tertiary alicyclic amines) is 1. The molecule has 1 amide bonds. The standard InChI is InChI=1S/C21H20N6O3/c28-18(13-27-16-6-2-1-5-15(16)20(29)22-21(27)30)25-11-8-14(9-12-25)19-24-23-17-7-3-4-10-26(17)19/h1-7,10,14H,8-9,11-13H2,(H,22,29,30). The van der Waals surface area contributed by atoms with Crippen molar-refractivity contribution >= 4 is 22.5 Å². The minimum Gasteiger partial charge on any atom is -0.341 e. The average Bonchev–Trinajstić information content (AvgIpc) is 3.21. The number of carbonyl (C=O) groups excluding carboxylic acids is 1. The van der Waals surface area contributed by atoms with Crippen molar-refractivity contribution in [3.63, 3.8) is 0 Å². The largest absolute Gasteiger partial charge is 0.341 e. The van der Waals surface area contributed by atoms with Gasteiger partial charge in [-0.25, -0.2) is 4.79 Å². The van der Waals surface area contributed by atoms with Crippen LogP contribution in [-0.2, 0) is 11.3 Å². The van der Waals surface area contributed by atoms with Crippen LogP contribution in [0.3, 0.4) is 0 Å². The minimum atomic E-state index is -0.572. The summed E-state index contributed by atoms with van der Waals surface area (Å²) in [5.74, 6) is 1.00. The van der Waals surface area contributed by atoms with Crippen molar-refractivity contribution < 1.29 is 4.79 Å². The molecule has 4 aromatic rings. The van der Waals surface area contributed by atoms with Crippen LogP contribution in [0.5, 0.6) is 0 Å². The predicted molar refractivity (Wildman–Crippen MR) is 110 cm³/mol. The number of nitrogens with one attached hydrogen (secondary N) is 1. The SMILES string of the molecule is O=C(Cn1c(=O)[nH]c(=O)c2ccccc21)N1CCC(c2nnc3ccccn23)CC1. The molecule has 0 radical (unpaired) electrons. The summed E-state index contributed by atoms with van der Waals surface area (Å²) in [6.45, 7) is 1.07. The number of piperidine rings is 1. The summed E-state index contributed by atoms with van der Waals surface area (Å²) in [6.07, 6.45) is 3.52. The van der Waals surface area contributed by atoms with Crippen molar-refractivity contribution in [2.45, 2.75) is 25.3 Å². The summed E-state index contributed by atoms with van der Waals surface area (Å²) in [6, 6.07) is 12.6. The van der Waals surface area contributed by atoms with Crippen molar-refractivity contribution in [1.29, 1.82) is 0 Å². The van der Waals surface area contributed by atoms with Gasteiger partial charge in [0.05, 0.1) is 10.9 Å². The Kier molecular flexibility index (Phi) is 4.42. The van der Waals surface area contributed by atoms with Crippen LogP contribution in [-0.4, -0.2) is 48.0 Å². The molecule has 9 nitrogen and oxygen atoms in total. The first-order valence-corrected chi connectivity index (χ1v) is 9.91. The molecule has 1 aromatic carbocycles. The molecule has 5 rings (SSSR count). The Morgan fingerprint density at radius 3 is 2.63 bits per heavy atom. The monoisotopic (exact) mass is 404 g/mol.